The number of nitrogens with one attached hydrogen (secondary N) is 1. The summed E-state index contributed by atoms with van der Waals surface area (Å²) in [6, 6.07) is 2.02. The van der Waals surface area contributed by atoms with E-state index in [1.807, 2.05) is 11.4 Å². The Kier molecular flexibility index (Phi) is 3.32. The molecule has 96 valence electrons. The van der Waals surface area contributed by atoms with Crippen molar-refractivity contribution in [1.29, 1.82) is 0 Å². The van der Waals surface area contributed by atoms with Crippen LogP contribution in [0.15, 0.2) is 11.4 Å². The first-order valence-electron chi connectivity index (χ1n) is 6.48. The Labute approximate surface area is 110 Å². The predicted molar refractivity (Wildman–Crippen MR) is 74.4 cm³/mol. The minimum absolute atomic E-state index is 0.675. The van der Waals surface area contributed by atoms with Crippen molar-refractivity contribution in [3.63, 3.8) is 0 Å². The first kappa shape index (κ1) is 11.7. The summed E-state index contributed by atoms with van der Waals surface area (Å²) < 4.78 is 6.89. The molecule has 0 bridgehead atoms. The molecule has 1 aliphatic carbocycles. The van der Waals surface area contributed by atoms with Crippen LogP contribution in [-0.4, -0.2) is 23.1 Å². The largest absolute Gasteiger partial charge is 0.476 e. The summed E-state index contributed by atoms with van der Waals surface area (Å²) in [5, 5.41) is 5.26. The molecule has 0 amide bonds. The number of hydrogen-bond donors (Lipinski definition) is 1. The zero-order chi connectivity index (χ0) is 12.4. The van der Waals surface area contributed by atoms with Crippen molar-refractivity contribution >= 4 is 27.5 Å². The van der Waals surface area contributed by atoms with Crippen LogP contribution in [0, 0.1) is 5.92 Å². The minimum Gasteiger partial charge on any atom is -0.476 e. The predicted octanol–water partition coefficient (Wildman–Crippen LogP) is 3.30. The fourth-order valence-electron chi connectivity index (χ4n) is 1.73. The Morgan fingerprint density at radius 3 is 3.11 bits per heavy atom. The van der Waals surface area contributed by atoms with Crippen molar-refractivity contribution in [2.24, 2.45) is 5.92 Å². The van der Waals surface area contributed by atoms with E-state index in [1.54, 1.807) is 11.3 Å². The molecule has 3 rings (SSSR count). The third kappa shape index (κ3) is 2.56. The third-order valence-electron chi connectivity index (χ3n) is 2.96. The highest BCUT2D eigenvalue weighted by molar-refractivity contribution is 7.17. The minimum atomic E-state index is 0.675. The molecule has 1 aliphatic rings. The maximum atomic E-state index is 5.84. The lowest BCUT2D eigenvalue weighted by molar-refractivity contribution is 0.293. The highest BCUT2D eigenvalue weighted by Crippen LogP contribution is 2.33. The van der Waals surface area contributed by atoms with Gasteiger partial charge in [0.15, 0.2) is 0 Å². The van der Waals surface area contributed by atoms with Gasteiger partial charge in [-0.3, -0.25) is 0 Å². The number of hydrogen-bond acceptors (Lipinski definition) is 5. The third-order valence-corrected chi connectivity index (χ3v) is 3.85. The van der Waals surface area contributed by atoms with Crippen molar-refractivity contribution in [3.8, 4) is 5.88 Å². The second kappa shape index (κ2) is 5.10. The number of aromatic nitrogens is 2. The first-order valence-corrected chi connectivity index (χ1v) is 7.36. The van der Waals surface area contributed by atoms with E-state index in [1.165, 1.54) is 12.8 Å². The summed E-state index contributed by atoms with van der Waals surface area (Å²) in [7, 11) is 0. The molecule has 18 heavy (non-hydrogen) atoms. The summed E-state index contributed by atoms with van der Waals surface area (Å²) in [4.78, 5) is 8.96. The van der Waals surface area contributed by atoms with Crippen LogP contribution in [0.2, 0.25) is 0 Å². The standard InChI is InChI=1S/C13H17N3OS/c1-2-6-14-13-15-10-5-7-18-11(10)12(16-13)17-8-9-3-4-9/h5,7,9H,2-4,6,8H2,1H3,(H,14,15,16). The van der Waals surface area contributed by atoms with Crippen LogP contribution in [0.5, 0.6) is 5.88 Å². The Bertz CT molecular complexity index is 536. The molecule has 0 saturated heterocycles. The molecule has 4 nitrogen and oxygen atoms in total. The van der Waals surface area contributed by atoms with Crippen molar-refractivity contribution in [2.45, 2.75) is 26.2 Å². The van der Waals surface area contributed by atoms with E-state index < -0.39 is 0 Å². The van der Waals surface area contributed by atoms with Crippen LogP contribution in [0.3, 0.4) is 0 Å². The Morgan fingerprint density at radius 1 is 1.44 bits per heavy atom. The van der Waals surface area contributed by atoms with Crippen LogP contribution < -0.4 is 10.1 Å². The molecule has 1 saturated carbocycles. The van der Waals surface area contributed by atoms with Crippen molar-refractivity contribution < 1.29 is 4.74 Å². The zero-order valence-corrected chi connectivity index (χ0v) is 11.3. The molecule has 0 aromatic carbocycles. The zero-order valence-electron chi connectivity index (χ0n) is 10.5. The fraction of sp³-hybridized carbons (Fsp3) is 0.538. The molecule has 2 aromatic rings. The molecular weight excluding hydrogens is 246 g/mol. The summed E-state index contributed by atoms with van der Waals surface area (Å²) >= 11 is 1.64. The molecule has 2 heterocycles. The van der Waals surface area contributed by atoms with Gasteiger partial charge in [-0.1, -0.05) is 6.92 Å². The lowest BCUT2D eigenvalue weighted by atomic mass is 10.4. The summed E-state index contributed by atoms with van der Waals surface area (Å²) in [5.41, 5.74) is 0.972. The molecule has 1 fully saturated rings. The van der Waals surface area contributed by atoms with Gasteiger partial charge in [-0.15, -0.1) is 11.3 Å². The number of rotatable bonds is 6. The molecule has 2 aromatic heterocycles. The second-order valence-corrected chi connectivity index (χ2v) is 5.58. The summed E-state index contributed by atoms with van der Waals surface area (Å²) in [6.45, 7) is 3.80. The van der Waals surface area contributed by atoms with E-state index in [9.17, 15) is 0 Å². The van der Waals surface area contributed by atoms with Gasteiger partial charge in [0.1, 0.15) is 4.70 Å². The van der Waals surface area contributed by atoms with E-state index in [2.05, 4.69) is 22.2 Å². The number of anilines is 1. The SMILES string of the molecule is CCCNc1nc(OCC2CC2)c2sccc2n1. The van der Waals surface area contributed by atoms with Crippen LogP contribution in [0.4, 0.5) is 5.95 Å². The second-order valence-electron chi connectivity index (χ2n) is 4.67. The van der Waals surface area contributed by atoms with E-state index in [-0.39, 0.29) is 0 Å². The molecule has 1 N–H and O–H groups in total. The highest BCUT2D eigenvalue weighted by Gasteiger charge is 2.23. The Balaban J connectivity index is 1.84. The molecule has 0 atom stereocenters. The van der Waals surface area contributed by atoms with Crippen LogP contribution >= 0.6 is 11.3 Å². The average molecular weight is 263 g/mol. The quantitative estimate of drug-likeness (QED) is 0.868. The molecular formula is C13H17N3OS. The number of fused-ring (bicyclic) bond motifs is 1. The van der Waals surface area contributed by atoms with Crippen molar-refractivity contribution in [3.05, 3.63) is 11.4 Å². The van der Waals surface area contributed by atoms with Gasteiger partial charge in [-0.25, -0.2) is 4.98 Å². The number of nitrogens with zero attached hydrogens (tertiary/aromatic N) is 2. The van der Waals surface area contributed by atoms with Crippen LogP contribution in [0.25, 0.3) is 10.2 Å². The summed E-state index contributed by atoms with van der Waals surface area (Å²) in [6.07, 6.45) is 3.64. The normalized spacial score (nSPS) is 14.9. The average Bonchev–Trinajstić information content (AvgIpc) is 3.09. The van der Waals surface area contributed by atoms with E-state index >= 15 is 0 Å². The first-order chi connectivity index (χ1) is 8.86. The highest BCUT2D eigenvalue weighted by atomic mass is 32.1. The van der Waals surface area contributed by atoms with Crippen LogP contribution in [-0.2, 0) is 0 Å². The fourth-order valence-corrected chi connectivity index (χ4v) is 2.50. The molecule has 0 spiro atoms. The smallest absolute Gasteiger partial charge is 0.236 e. The van der Waals surface area contributed by atoms with Gasteiger partial charge < -0.3 is 10.1 Å². The molecule has 0 aliphatic heterocycles. The Hall–Kier alpha value is -1.36. The van der Waals surface area contributed by atoms with Gasteiger partial charge in [-0.05, 0) is 36.6 Å². The van der Waals surface area contributed by atoms with Gasteiger partial charge in [0, 0.05) is 6.54 Å². The number of ether oxygens (including phenoxy) is 1. The monoisotopic (exact) mass is 263 g/mol. The van der Waals surface area contributed by atoms with E-state index in [4.69, 9.17) is 4.74 Å². The van der Waals surface area contributed by atoms with Crippen LogP contribution in [0.1, 0.15) is 26.2 Å². The number of thiophene rings is 1. The maximum Gasteiger partial charge on any atom is 0.236 e. The molecule has 0 radical (unpaired) electrons. The van der Waals surface area contributed by atoms with Gasteiger partial charge in [0.2, 0.25) is 11.8 Å². The van der Waals surface area contributed by atoms with E-state index in [0.29, 0.717) is 5.95 Å². The lowest BCUT2D eigenvalue weighted by Gasteiger charge is -2.08. The van der Waals surface area contributed by atoms with Gasteiger partial charge in [0.05, 0.1) is 12.1 Å². The Morgan fingerprint density at radius 2 is 2.33 bits per heavy atom. The van der Waals surface area contributed by atoms with Gasteiger partial charge >= 0.3 is 0 Å². The maximum absolute atomic E-state index is 5.84. The van der Waals surface area contributed by atoms with Crippen molar-refractivity contribution in [1.82, 2.24) is 9.97 Å². The molecule has 0 unspecified atom stereocenters. The van der Waals surface area contributed by atoms with Crippen molar-refractivity contribution in [2.75, 3.05) is 18.5 Å². The summed E-state index contributed by atoms with van der Waals surface area (Å²) in [5.74, 6) is 2.15. The molecule has 5 heteroatoms. The lowest BCUT2D eigenvalue weighted by Crippen LogP contribution is -2.07. The van der Waals surface area contributed by atoms with E-state index in [0.717, 1.165) is 41.6 Å². The van der Waals surface area contributed by atoms with Gasteiger partial charge in [-0.2, -0.15) is 4.98 Å². The topological polar surface area (TPSA) is 47.0 Å². The van der Waals surface area contributed by atoms with Gasteiger partial charge in [0.25, 0.3) is 0 Å².